The van der Waals surface area contributed by atoms with Gasteiger partial charge in [-0.1, -0.05) is 135 Å². The van der Waals surface area contributed by atoms with E-state index < -0.39 is 60.4 Å². The number of aromatic nitrogens is 2. The normalized spacial score (nSPS) is 15.8. The van der Waals surface area contributed by atoms with Gasteiger partial charge in [-0.3, -0.25) is 0 Å². The summed E-state index contributed by atoms with van der Waals surface area (Å²) in [6, 6.07) is 24.3. The van der Waals surface area contributed by atoms with E-state index in [0.29, 0.717) is 39.2 Å². The molecule has 7 aromatic carbocycles. The molecule has 0 fully saturated rings. The van der Waals surface area contributed by atoms with Gasteiger partial charge in [0.25, 0.3) is 0 Å². The van der Waals surface area contributed by atoms with Crippen molar-refractivity contribution in [3.05, 3.63) is 200 Å². The van der Waals surface area contributed by atoms with Crippen LogP contribution in [0.5, 0.6) is 11.5 Å². The third kappa shape index (κ3) is 6.66. The molecule has 0 unspecified atom stereocenters. The van der Waals surface area contributed by atoms with E-state index in [2.05, 4.69) is 37.9 Å². The maximum Gasteiger partial charge on any atom is 0.135 e. The largest absolute Gasteiger partial charge is 0.509 e. The summed E-state index contributed by atoms with van der Waals surface area (Å²) in [7, 11) is 0. The van der Waals surface area contributed by atoms with Gasteiger partial charge >= 0.3 is 0 Å². The minimum Gasteiger partial charge on any atom is -0.509 e. The summed E-state index contributed by atoms with van der Waals surface area (Å²) >= 11 is 0. The van der Waals surface area contributed by atoms with Crippen molar-refractivity contribution >= 4 is 44.6 Å². The molecule has 10 rings (SSSR count). The molecule has 0 saturated heterocycles. The summed E-state index contributed by atoms with van der Waals surface area (Å²) in [5, 5.41) is 0.816. The summed E-state index contributed by atoms with van der Waals surface area (Å²) < 4.78 is 130. The predicted octanol–water partition coefficient (Wildman–Crippen LogP) is 13.6. The predicted molar refractivity (Wildman–Crippen MR) is 234 cm³/mol. The second kappa shape index (κ2) is 15.2. The van der Waals surface area contributed by atoms with Crippen LogP contribution in [0.4, 0.5) is 22.7 Å². The number of hydrogen-bond acceptors (Lipinski definition) is 4. The topological polar surface area (TPSA) is 33.5 Å². The third-order valence-corrected chi connectivity index (χ3v) is 9.80. The standard InChI is InChI=1S/C52H39N4O.Pt/c1-52(2,3)38-30-31-53-50(32-38)56-46-25-11-10-22-44(46)45-29-28-41(34-49(45)56)57-40-21-14-20-39(33-40)54-35-55(48-27-13-12-26-47(48)54)51-42(36-16-6-4-7-17-36)23-15-24-43(51)37-18-8-5-9-19-37;/h4-32,35H,1-3H3;/q-3;/i4D,5D,6D,7D,8D,9D,10D,11D,16D,17D,18D,19D,22D,25D;. The molecule has 2 aromatic heterocycles. The van der Waals surface area contributed by atoms with E-state index in [1.165, 1.54) is 0 Å². The van der Waals surface area contributed by atoms with Crippen molar-refractivity contribution in [3.8, 4) is 39.6 Å². The van der Waals surface area contributed by atoms with E-state index >= 15 is 0 Å². The number of hydrogen-bond donors (Lipinski definition) is 0. The molecule has 1 aliphatic heterocycles. The summed E-state index contributed by atoms with van der Waals surface area (Å²) in [5.74, 6) is 0.919. The van der Waals surface area contributed by atoms with Crippen molar-refractivity contribution < 1.29 is 45.0 Å². The Morgan fingerprint density at radius 3 is 1.98 bits per heavy atom. The molecule has 58 heavy (non-hydrogen) atoms. The smallest absolute Gasteiger partial charge is 0.135 e. The Labute approximate surface area is 373 Å². The molecule has 1 aliphatic rings. The second-order valence-electron chi connectivity index (χ2n) is 14.3. The zero-order chi connectivity index (χ0) is 50.7. The van der Waals surface area contributed by atoms with E-state index in [1.54, 1.807) is 87.9 Å². The maximum atomic E-state index is 9.00. The first-order valence-electron chi connectivity index (χ1n) is 25.1. The molecule has 5 nitrogen and oxygen atoms in total. The number of nitrogens with zero attached hydrogens (tertiary/aromatic N) is 4. The van der Waals surface area contributed by atoms with Crippen LogP contribution in [0.2, 0.25) is 0 Å². The average molecular weight is 945 g/mol. The van der Waals surface area contributed by atoms with Gasteiger partial charge in [0.15, 0.2) is 0 Å². The molecule has 286 valence electrons. The molecule has 6 heteroatoms. The number of rotatable bonds is 7. The van der Waals surface area contributed by atoms with E-state index in [-0.39, 0.29) is 95.6 Å². The summed E-state index contributed by atoms with van der Waals surface area (Å²) in [6.07, 6.45) is 1.67. The molecule has 3 heterocycles. The van der Waals surface area contributed by atoms with Gasteiger partial charge < -0.3 is 19.1 Å². The van der Waals surface area contributed by atoms with Crippen LogP contribution in [0.25, 0.3) is 49.9 Å². The first-order valence-corrected chi connectivity index (χ1v) is 18.1. The zero-order valence-corrected chi connectivity index (χ0v) is 33.5. The van der Waals surface area contributed by atoms with E-state index in [4.69, 9.17) is 23.9 Å². The first-order chi connectivity index (χ1) is 33.7. The summed E-state index contributed by atoms with van der Waals surface area (Å²) in [6.45, 7) is 7.87. The quantitative estimate of drug-likeness (QED) is 0.149. The van der Waals surface area contributed by atoms with Crippen LogP contribution in [-0.4, -0.2) is 9.55 Å². The summed E-state index contributed by atoms with van der Waals surface area (Å²) in [5.41, 5.74) is 3.07. The molecule has 0 radical (unpaired) electrons. The van der Waals surface area contributed by atoms with Gasteiger partial charge in [0, 0.05) is 72.5 Å². The van der Waals surface area contributed by atoms with E-state index in [0.717, 1.165) is 5.56 Å². The number of pyridine rings is 1. The third-order valence-electron chi connectivity index (χ3n) is 9.80. The Bertz CT molecular complexity index is 3600. The van der Waals surface area contributed by atoms with Gasteiger partial charge in [0.2, 0.25) is 0 Å². The second-order valence-corrected chi connectivity index (χ2v) is 14.3. The summed E-state index contributed by atoms with van der Waals surface area (Å²) in [4.78, 5) is 8.14. The maximum absolute atomic E-state index is 9.00. The number of ether oxygens (including phenoxy) is 1. The van der Waals surface area contributed by atoms with Crippen molar-refractivity contribution in [1.29, 1.82) is 0 Å². The van der Waals surface area contributed by atoms with E-state index in [9.17, 15) is 0 Å². The molecular formula is C52H39N4OPt-3. The first kappa shape index (κ1) is 24.4. The molecule has 0 bridgehead atoms. The molecular weight excluding hydrogens is 892 g/mol. The molecule has 0 amide bonds. The minimum absolute atomic E-state index is 0. The Balaban J connectivity index is 0.00000640. The monoisotopic (exact) mass is 944 g/mol. The van der Waals surface area contributed by atoms with Crippen molar-refractivity contribution in [2.24, 2.45) is 0 Å². The molecule has 0 N–H and O–H groups in total. The van der Waals surface area contributed by atoms with Crippen LogP contribution >= 0.6 is 0 Å². The Hall–Kier alpha value is -6.42. The number of anilines is 4. The van der Waals surface area contributed by atoms with Gasteiger partial charge in [-0.15, -0.1) is 48.1 Å². The molecule has 0 atom stereocenters. The van der Waals surface area contributed by atoms with Crippen LogP contribution in [0, 0.1) is 18.8 Å². The molecule has 0 spiro atoms. The molecule has 9 aromatic rings. The molecule has 0 aliphatic carbocycles. The van der Waals surface area contributed by atoms with Gasteiger partial charge in [-0.2, -0.15) is 12.1 Å². The fraction of sp³-hybridized carbons (Fsp3) is 0.0769. The zero-order valence-electron chi connectivity index (χ0n) is 45.3. The fourth-order valence-corrected chi connectivity index (χ4v) is 7.13. The van der Waals surface area contributed by atoms with Crippen LogP contribution in [0.1, 0.15) is 45.5 Å². The fourth-order valence-electron chi connectivity index (χ4n) is 7.13. The van der Waals surface area contributed by atoms with Crippen molar-refractivity contribution in [2.45, 2.75) is 26.2 Å². The van der Waals surface area contributed by atoms with Crippen LogP contribution in [-0.2, 0) is 26.5 Å². The SMILES string of the molecule is [2H]c1c([2H])c([2H])c(-c2cccc(-c3c([2H])c([2H])c([2H])c([2H])c3[2H])c2N2[CH-]N(c3[c-]c(Oc4[c-]c5c(cc4)c4c([2H])c([2H])c([2H])c([2H])c4n5-c4cc(C(C)(C)C)ccn4)ccc3)c3ccccc32)c([2H])c1[2H].[Pt]. The van der Waals surface area contributed by atoms with Crippen LogP contribution < -0.4 is 14.5 Å². The number of fused-ring (bicyclic) bond motifs is 4. The van der Waals surface area contributed by atoms with Crippen molar-refractivity contribution in [3.63, 3.8) is 0 Å². The number of para-hydroxylation sites is 4. The molecule has 0 saturated carbocycles. The van der Waals surface area contributed by atoms with Crippen LogP contribution in [0.3, 0.4) is 0 Å². The van der Waals surface area contributed by atoms with Gasteiger partial charge in [0.1, 0.15) is 5.82 Å². The number of benzene rings is 7. The van der Waals surface area contributed by atoms with Gasteiger partial charge in [-0.05, 0) is 57.8 Å². The Morgan fingerprint density at radius 2 is 1.28 bits per heavy atom. The van der Waals surface area contributed by atoms with Gasteiger partial charge in [0.05, 0.1) is 19.2 Å². The van der Waals surface area contributed by atoms with Crippen molar-refractivity contribution in [2.75, 3.05) is 9.80 Å². The Morgan fingerprint density at radius 1 is 0.638 bits per heavy atom. The average Bonchev–Trinajstić information content (AvgIpc) is 3.91. The van der Waals surface area contributed by atoms with Crippen LogP contribution in [0.15, 0.2) is 176 Å². The van der Waals surface area contributed by atoms with Crippen molar-refractivity contribution in [1.82, 2.24) is 9.55 Å². The Kier molecular flexibility index (Phi) is 6.37. The minimum atomic E-state index is -0.591. The van der Waals surface area contributed by atoms with Gasteiger partial charge in [-0.25, -0.2) is 4.98 Å². The van der Waals surface area contributed by atoms with E-state index in [1.807, 2.05) is 24.3 Å².